The molecule has 9 rings (SSSR count). The Morgan fingerprint density at radius 1 is 0.500 bits per heavy atom. The van der Waals surface area contributed by atoms with Crippen LogP contribution < -0.4 is 5.32 Å². The molecule has 1 aliphatic heterocycles. The van der Waals surface area contributed by atoms with Gasteiger partial charge in [-0.3, -0.25) is 9.97 Å². The molecule has 0 fully saturated rings. The Morgan fingerprint density at radius 3 is 2.13 bits per heavy atom. The zero-order valence-electron chi connectivity index (χ0n) is 25.0. The minimum Gasteiger partial charge on any atom is -0.380 e. The molecule has 46 heavy (non-hydrogen) atoms. The van der Waals surface area contributed by atoms with Gasteiger partial charge in [-0.15, -0.1) is 0 Å². The summed E-state index contributed by atoms with van der Waals surface area (Å²) < 4.78 is 0. The molecule has 1 N–H and O–H groups in total. The number of benzene rings is 5. The Bertz CT molecular complexity index is 2460. The van der Waals surface area contributed by atoms with Gasteiger partial charge in [-0.2, -0.15) is 0 Å². The predicted octanol–water partition coefficient (Wildman–Crippen LogP) is 9.93. The molecule has 3 aromatic heterocycles. The summed E-state index contributed by atoms with van der Waals surface area (Å²) in [6.45, 7) is 0.779. The average molecular weight is 589 g/mol. The van der Waals surface area contributed by atoms with E-state index < -0.39 is 0 Å². The molecule has 0 saturated carbocycles. The van der Waals surface area contributed by atoms with Crippen molar-refractivity contribution >= 4 is 44.4 Å². The minimum atomic E-state index is 0.779. The number of pyridine rings is 3. The highest BCUT2D eigenvalue weighted by Crippen LogP contribution is 2.37. The summed E-state index contributed by atoms with van der Waals surface area (Å²) in [5.74, 6) is 0. The van der Waals surface area contributed by atoms with Gasteiger partial charge in [0.25, 0.3) is 0 Å². The summed E-state index contributed by atoms with van der Waals surface area (Å²) in [6.07, 6.45) is 5.99. The van der Waals surface area contributed by atoms with Gasteiger partial charge >= 0.3 is 0 Å². The molecular weight excluding hydrogens is 560 g/mol. The second-order valence-electron chi connectivity index (χ2n) is 11.7. The summed E-state index contributed by atoms with van der Waals surface area (Å²) in [5.41, 5.74) is 12.9. The Kier molecular flexibility index (Phi) is 6.17. The number of aromatic nitrogens is 3. The first-order chi connectivity index (χ1) is 22.8. The van der Waals surface area contributed by atoms with Crippen LogP contribution in [0.1, 0.15) is 16.7 Å². The van der Waals surface area contributed by atoms with Crippen molar-refractivity contribution in [1.82, 2.24) is 20.3 Å². The van der Waals surface area contributed by atoms with Crippen molar-refractivity contribution in [3.05, 3.63) is 163 Å². The molecule has 5 aromatic carbocycles. The maximum absolute atomic E-state index is 5.34. The van der Waals surface area contributed by atoms with E-state index in [2.05, 4.69) is 132 Å². The highest BCUT2D eigenvalue weighted by molar-refractivity contribution is 6.12. The molecule has 1 aliphatic rings. The first-order valence-electron chi connectivity index (χ1n) is 15.6. The quantitative estimate of drug-likeness (QED) is 0.208. The smallest absolute Gasteiger partial charge is 0.0979 e. The molecular formula is C42H28N4. The van der Waals surface area contributed by atoms with Crippen molar-refractivity contribution in [2.75, 3.05) is 0 Å². The fourth-order valence-electron chi connectivity index (χ4n) is 6.63. The van der Waals surface area contributed by atoms with Gasteiger partial charge in [-0.05, 0) is 69.4 Å². The first-order valence-corrected chi connectivity index (χ1v) is 15.6. The van der Waals surface area contributed by atoms with E-state index in [0.29, 0.717) is 0 Å². The van der Waals surface area contributed by atoms with E-state index in [1.807, 2.05) is 30.6 Å². The lowest BCUT2D eigenvalue weighted by molar-refractivity contribution is 0.880. The summed E-state index contributed by atoms with van der Waals surface area (Å²) in [7, 11) is 0. The van der Waals surface area contributed by atoms with Gasteiger partial charge < -0.3 is 5.32 Å². The van der Waals surface area contributed by atoms with Crippen LogP contribution in [0.15, 0.2) is 146 Å². The van der Waals surface area contributed by atoms with Gasteiger partial charge in [-0.25, -0.2) is 4.98 Å². The molecule has 0 unspecified atom stereocenters. The predicted molar refractivity (Wildman–Crippen MR) is 190 cm³/mol. The largest absolute Gasteiger partial charge is 0.380 e. The number of hydrogen-bond donors (Lipinski definition) is 1. The molecule has 0 spiro atoms. The van der Waals surface area contributed by atoms with E-state index in [9.17, 15) is 0 Å². The van der Waals surface area contributed by atoms with Gasteiger partial charge in [0.1, 0.15) is 0 Å². The van der Waals surface area contributed by atoms with Crippen LogP contribution in [0.4, 0.5) is 0 Å². The molecule has 0 bridgehead atoms. The van der Waals surface area contributed by atoms with E-state index >= 15 is 0 Å². The molecule has 0 amide bonds. The van der Waals surface area contributed by atoms with Crippen molar-refractivity contribution < 1.29 is 0 Å². The fraction of sp³-hybridized carbons (Fsp3) is 0.0238. The lowest BCUT2D eigenvalue weighted by Gasteiger charge is -2.21. The van der Waals surface area contributed by atoms with Crippen LogP contribution in [0.25, 0.3) is 78.0 Å². The third kappa shape index (κ3) is 4.51. The van der Waals surface area contributed by atoms with Crippen molar-refractivity contribution in [2.45, 2.75) is 6.54 Å². The Balaban J connectivity index is 1.25. The van der Waals surface area contributed by atoms with E-state index in [0.717, 1.165) is 73.3 Å². The first kappa shape index (κ1) is 26.3. The molecule has 216 valence electrons. The summed E-state index contributed by atoms with van der Waals surface area (Å²) in [4.78, 5) is 14.8. The number of nitrogens with one attached hydrogen (secondary N) is 1. The van der Waals surface area contributed by atoms with Gasteiger partial charge in [0.15, 0.2) is 0 Å². The van der Waals surface area contributed by atoms with Crippen LogP contribution in [0.2, 0.25) is 0 Å². The van der Waals surface area contributed by atoms with Crippen LogP contribution in [-0.4, -0.2) is 15.0 Å². The molecule has 8 aromatic rings. The van der Waals surface area contributed by atoms with E-state index in [4.69, 9.17) is 9.97 Å². The monoisotopic (exact) mass is 588 g/mol. The van der Waals surface area contributed by atoms with E-state index in [1.54, 1.807) is 0 Å². The minimum absolute atomic E-state index is 0.779. The highest BCUT2D eigenvalue weighted by Gasteiger charge is 2.18. The fourth-order valence-corrected chi connectivity index (χ4v) is 6.63. The normalized spacial score (nSPS) is 12.6. The third-order valence-electron chi connectivity index (χ3n) is 9.01. The number of fused-ring (bicyclic) bond motifs is 5. The zero-order chi connectivity index (χ0) is 30.5. The maximum Gasteiger partial charge on any atom is 0.0979 e. The van der Waals surface area contributed by atoms with Crippen molar-refractivity contribution in [3.63, 3.8) is 0 Å². The topological polar surface area (TPSA) is 50.7 Å². The van der Waals surface area contributed by atoms with Crippen molar-refractivity contribution in [2.24, 2.45) is 0 Å². The van der Waals surface area contributed by atoms with Gasteiger partial charge in [0.2, 0.25) is 0 Å². The SMILES string of the molecule is C1=C(c2cc(-c3ccc4ccccc4c3)nc3c2ccc2c(-c4ccc(-c5ccccn5)cc4)ccnc23)NCc2ccccc21. The zero-order valence-corrected chi connectivity index (χ0v) is 25.0. The van der Waals surface area contributed by atoms with E-state index in [-0.39, 0.29) is 0 Å². The van der Waals surface area contributed by atoms with Crippen LogP contribution in [0, 0.1) is 0 Å². The number of rotatable bonds is 4. The average Bonchev–Trinajstić information content (AvgIpc) is 3.14. The van der Waals surface area contributed by atoms with Gasteiger partial charge in [0.05, 0.1) is 22.4 Å². The lowest BCUT2D eigenvalue weighted by Crippen LogP contribution is -2.17. The molecule has 0 atom stereocenters. The second kappa shape index (κ2) is 10.8. The summed E-state index contributed by atoms with van der Waals surface area (Å²) in [6, 6.07) is 47.0. The molecule has 4 heterocycles. The molecule has 4 heteroatoms. The Hall–Kier alpha value is -6.13. The standard InChI is InChI=1S/C42H28N4/c1-2-8-30-23-32(17-12-27(30)7-1)39-25-37(40-24-31-9-3-4-10-33(31)26-45-40)36-19-18-35-34(20-22-44-41(35)42(36)46-39)28-13-15-29(16-14-28)38-11-5-6-21-43-38/h1-25,45H,26H2. The second-order valence-corrected chi connectivity index (χ2v) is 11.7. The van der Waals surface area contributed by atoms with Crippen LogP contribution in [-0.2, 0) is 6.54 Å². The molecule has 0 aliphatic carbocycles. The summed E-state index contributed by atoms with van der Waals surface area (Å²) >= 11 is 0. The highest BCUT2D eigenvalue weighted by atomic mass is 14.9. The Labute approximate surface area is 266 Å². The molecule has 4 nitrogen and oxygen atoms in total. The summed E-state index contributed by atoms with van der Waals surface area (Å²) in [5, 5.41) is 8.26. The molecule has 0 radical (unpaired) electrons. The maximum atomic E-state index is 5.34. The van der Waals surface area contributed by atoms with Crippen molar-refractivity contribution in [3.8, 4) is 33.6 Å². The Morgan fingerprint density at radius 2 is 1.26 bits per heavy atom. The third-order valence-corrected chi connectivity index (χ3v) is 9.01. The number of nitrogens with zero attached hydrogens (tertiary/aromatic N) is 3. The molecule has 0 saturated heterocycles. The van der Waals surface area contributed by atoms with Crippen LogP contribution in [0.3, 0.4) is 0 Å². The van der Waals surface area contributed by atoms with Crippen LogP contribution >= 0.6 is 0 Å². The van der Waals surface area contributed by atoms with E-state index in [1.165, 1.54) is 21.9 Å². The van der Waals surface area contributed by atoms with Gasteiger partial charge in [-0.1, -0.05) is 103 Å². The number of hydrogen-bond acceptors (Lipinski definition) is 4. The van der Waals surface area contributed by atoms with Crippen LogP contribution in [0.5, 0.6) is 0 Å². The van der Waals surface area contributed by atoms with Gasteiger partial charge in [0, 0.05) is 52.1 Å². The van der Waals surface area contributed by atoms with Crippen molar-refractivity contribution in [1.29, 1.82) is 0 Å². The lowest BCUT2D eigenvalue weighted by atomic mass is 9.94.